The van der Waals surface area contributed by atoms with Crippen molar-refractivity contribution in [3.8, 4) is 0 Å². The summed E-state index contributed by atoms with van der Waals surface area (Å²) in [4.78, 5) is 12.8. The molecule has 0 aromatic carbocycles. The van der Waals surface area contributed by atoms with Crippen molar-refractivity contribution in [1.82, 2.24) is 4.90 Å². The summed E-state index contributed by atoms with van der Waals surface area (Å²) in [5.74, 6) is 0.510. The quantitative estimate of drug-likeness (QED) is 0.497. The molecule has 0 aliphatic carbocycles. The molecule has 0 atom stereocenters. The SMILES string of the molecule is COC(=O)CCN(Cc1ccco1)C(=S)S. The fourth-order valence-electron chi connectivity index (χ4n) is 1.16. The molecule has 1 rings (SSSR count). The lowest BCUT2D eigenvalue weighted by Gasteiger charge is -2.20. The molecule has 0 saturated heterocycles. The van der Waals surface area contributed by atoms with Crippen LogP contribution in [-0.2, 0) is 16.1 Å². The fourth-order valence-corrected chi connectivity index (χ4v) is 1.49. The number of ether oxygens (including phenoxy) is 1. The van der Waals surface area contributed by atoms with E-state index in [1.165, 1.54) is 7.11 Å². The molecule has 0 unspecified atom stereocenters. The molecule has 6 heteroatoms. The van der Waals surface area contributed by atoms with Gasteiger partial charge in [-0.3, -0.25) is 4.79 Å². The summed E-state index contributed by atoms with van der Waals surface area (Å²) < 4.78 is 10.2. The van der Waals surface area contributed by atoms with Gasteiger partial charge >= 0.3 is 5.97 Å². The van der Waals surface area contributed by atoms with Crippen LogP contribution in [-0.4, -0.2) is 28.8 Å². The molecule has 0 amide bonds. The summed E-state index contributed by atoms with van der Waals surface area (Å²) in [5, 5.41) is 0. The van der Waals surface area contributed by atoms with E-state index in [1.807, 2.05) is 6.07 Å². The smallest absolute Gasteiger partial charge is 0.307 e. The number of rotatable bonds is 5. The van der Waals surface area contributed by atoms with Gasteiger partial charge in [0, 0.05) is 6.54 Å². The van der Waals surface area contributed by atoms with Crippen LogP contribution in [0.4, 0.5) is 0 Å². The number of thiol groups is 1. The Hall–Kier alpha value is -1.01. The van der Waals surface area contributed by atoms with E-state index < -0.39 is 0 Å². The molecular weight excluding hydrogens is 246 g/mol. The minimum Gasteiger partial charge on any atom is -0.469 e. The van der Waals surface area contributed by atoms with Gasteiger partial charge in [-0.1, -0.05) is 12.2 Å². The van der Waals surface area contributed by atoms with Crippen molar-refractivity contribution in [3.63, 3.8) is 0 Å². The van der Waals surface area contributed by atoms with Gasteiger partial charge in [0.15, 0.2) is 0 Å². The number of carbonyl (C=O) groups is 1. The van der Waals surface area contributed by atoms with Crippen molar-refractivity contribution in [3.05, 3.63) is 24.2 Å². The minimum absolute atomic E-state index is 0.269. The fraction of sp³-hybridized carbons (Fsp3) is 0.400. The normalized spacial score (nSPS) is 9.88. The average Bonchev–Trinajstić information content (AvgIpc) is 2.75. The van der Waals surface area contributed by atoms with Crippen LogP contribution in [0.2, 0.25) is 0 Å². The van der Waals surface area contributed by atoms with Crippen LogP contribution in [0.15, 0.2) is 22.8 Å². The molecule has 4 nitrogen and oxygen atoms in total. The number of carbonyl (C=O) groups excluding carboxylic acids is 1. The highest BCUT2D eigenvalue weighted by Gasteiger charge is 2.11. The standard InChI is InChI=1S/C10H13NO3S2/c1-13-9(12)4-5-11(10(15)16)7-8-3-2-6-14-8/h2-3,6H,4-5,7H2,1H3,(H,15,16). The highest BCUT2D eigenvalue weighted by atomic mass is 32.1. The molecule has 0 radical (unpaired) electrons. The molecule has 0 spiro atoms. The first-order valence-electron chi connectivity index (χ1n) is 4.70. The van der Waals surface area contributed by atoms with Crippen molar-refractivity contribution in [1.29, 1.82) is 0 Å². The number of esters is 1. The number of thiocarbonyl (C=S) groups is 1. The second-order valence-electron chi connectivity index (χ2n) is 3.11. The van der Waals surface area contributed by atoms with Gasteiger partial charge in [-0.25, -0.2) is 0 Å². The Morgan fingerprint density at radius 3 is 2.94 bits per heavy atom. The van der Waals surface area contributed by atoms with E-state index in [2.05, 4.69) is 17.4 Å². The molecule has 1 aromatic rings. The highest BCUT2D eigenvalue weighted by molar-refractivity contribution is 8.10. The third-order valence-electron chi connectivity index (χ3n) is 2.01. The topological polar surface area (TPSA) is 42.7 Å². The van der Waals surface area contributed by atoms with Crippen molar-refractivity contribution in [2.75, 3.05) is 13.7 Å². The summed E-state index contributed by atoms with van der Waals surface area (Å²) >= 11 is 9.07. The molecular formula is C10H13NO3S2. The van der Waals surface area contributed by atoms with E-state index in [4.69, 9.17) is 16.6 Å². The van der Waals surface area contributed by atoms with Gasteiger partial charge in [0.1, 0.15) is 10.1 Å². The number of furan rings is 1. The Kier molecular flexibility index (Phi) is 5.34. The second-order valence-corrected chi connectivity index (χ2v) is 4.22. The van der Waals surface area contributed by atoms with Crippen molar-refractivity contribution >= 4 is 35.1 Å². The van der Waals surface area contributed by atoms with Crippen LogP contribution >= 0.6 is 24.8 Å². The maximum absolute atomic E-state index is 11.0. The summed E-state index contributed by atoms with van der Waals surface area (Å²) in [5.41, 5.74) is 0. The number of hydrogen-bond acceptors (Lipinski definition) is 4. The van der Waals surface area contributed by atoms with Gasteiger partial charge in [0.25, 0.3) is 0 Å². The third-order valence-corrected chi connectivity index (χ3v) is 2.55. The number of nitrogens with zero attached hydrogens (tertiary/aromatic N) is 1. The third kappa shape index (κ3) is 4.24. The predicted octanol–water partition coefficient (Wildman–Crippen LogP) is 1.86. The van der Waals surface area contributed by atoms with E-state index in [0.717, 1.165) is 5.76 Å². The van der Waals surface area contributed by atoms with E-state index in [-0.39, 0.29) is 12.4 Å². The van der Waals surface area contributed by atoms with Gasteiger partial charge in [-0.05, 0) is 12.1 Å². The Labute approximate surface area is 105 Å². The summed E-state index contributed by atoms with van der Waals surface area (Å²) in [6.45, 7) is 0.974. The lowest BCUT2D eigenvalue weighted by atomic mass is 10.3. The minimum atomic E-state index is -0.269. The highest BCUT2D eigenvalue weighted by Crippen LogP contribution is 2.08. The van der Waals surface area contributed by atoms with Crippen molar-refractivity contribution in [2.45, 2.75) is 13.0 Å². The van der Waals surface area contributed by atoms with Gasteiger partial charge in [-0.15, -0.1) is 12.6 Å². The second kappa shape index (κ2) is 6.55. The van der Waals surface area contributed by atoms with Crippen LogP contribution in [0.3, 0.4) is 0 Å². The van der Waals surface area contributed by atoms with E-state index in [1.54, 1.807) is 17.2 Å². The maximum atomic E-state index is 11.0. The molecule has 0 bridgehead atoms. The monoisotopic (exact) mass is 259 g/mol. The zero-order chi connectivity index (χ0) is 12.0. The summed E-state index contributed by atoms with van der Waals surface area (Å²) in [7, 11) is 1.36. The molecule has 1 aromatic heterocycles. The number of methoxy groups -OCH3 is 1. The van der Waals surface area contributed by atoms with Crippen LogP contribution in [0, 0.1) is 0 Å². The Bertz CT molecular complexity index is 351. The van der Waals surface area contributed by atoms with Gasteiger partial charge in [0.05, 0.1) is 26.3 Å². The Morgan fingerprint density at radius 2 is 2.44 bits per heavy atom. The predicted molar refractivity (Wildman–Crippen MR) is 67.3 cm³/mol. The van der Waals surface area contributed by atoms with E-state index in [0.29, 0.717) is 17.4 Å². The molecule has 88 valence electrons. The van der Waals surface area contributed by atoms with Crippen molar-refractivity contribution in [2.24, 2.45) is 0 Å². The van der Waals surface area contributed by atoms with Gasteiger partial charge in [-0.2, -0.15) is 0 Å². The number of hydrogen-bond donors (Lipinski definition) is 1. The summed E-state index contributed by atoms with van der Waals surface area (Å²) in [6.07, 6.45) is 1.87. The van der Waals surface area contributed by atoms with E-state index >= 15 is 0 Å². The maximum Gasteiger partial charge on any atom is 0.307 e. The van der Waals surface area contributed by atoms with Crippen LogP contribution in [0.25, 0.3) is 0 Å². The lowest BCUT2D eigenvalue weighted by Crippen LogP contribution is -2.28. The molecule has 0 aliphatic rings. The molecule has 0 fully saturated rings. The Morgan fingerprint density at radius 1 is 1.69 bits per heavy atom. The first kappa shape index (κ1) is 13.1. The average molecular weight is 259 g/mol. The summed E-state index contributed by atoms with van der Waals surface area (Å²) in [6, 6.07) is 3.65. The zero-order valence-corrected chi connectivity index (χ0v) is 10.6. The molecule has 0 saturated carbocycles. The molecule has 16 heavy (non-hydrogen) atoms. The first-order chi connectivity index (χ1) is 7.63. The molecule has 1 heterocycles. The van der Waals surface area contributed by atoms with Gasteiger partial charge in [0.2, 0.25) is 0 Å². The Balaban J connectivity index is 2.48. The van der Waals surface area contributed by atoms with Crippen LogP contribution in [0.5, 0.6) is 0 Å². The zero-order valence-electron chi connectivity index (χ0n) is 8.88. The first-order valence-corrected chi connectivity index (χ1v) is 5.56. The van der Waals surface area contributed by atoms with E-state index in [9.17, 15) is 4.79 Å². The van der Waals surface area contributed by atoms with Crippen molar-refractivity contribution < 1.29 is 13.9 Å². The lowest BCUT2D eigenvalue weighted by molar-refractivity contribution is -0.140. The largest absolute Gasteiger partial charge is 0.469 e. The molecule has 0 aliphatic heterocycles. The van der Waals surface area contributed by atoms with Crippen LogP contribution in [0.1, 0.15) is 12.2 Å². The molecule has 0 N–H and O–H groups in total. The van der Waals surface area contributed by atoms with Gasteiger partial charge < -0.3 is 14.1 Å². The van der Waals surface area contributed by atoms with Crippen LogP contribution < -0.4 is 0 Å².